The van der Waals surface area contributed by atoms with E-state index in [1.54, 1.807) is 6.20 Å². The molecule has 4 nitrogen and oxygen atoms in total. The number of alkyl halides is 3. The van der Waals surface area contributed by atoms with Crippen LogP contribution in [-0.4, -0.2) is 47.7 Å². The van der Waals surface area contributed by atoms with Gasteiger partial charge in [-0.1, -0.05) is 11.8 Å². The molecule has 1 fully saturated rings. The molecule has 2 heterocycles. The second kappa shape index (κ2) is 7.64. The molecule has 0 amide bonds. The molecule has 0 unspecified atom stereocenters. The summed E-state index contributed by atoms with van der Waals surface area (Å²) in [6.45, 7) is 2.78. The third kappa shape index (κ3) is 5.34. The van der Waals surface area contributed by atoms with Gasteiger partial charge >= 0.3 is 6.18 Å². The Labute approximate surface area is 130 Å². The molecule has 0 atom stereocenters. The van der Waals surface area contributed by atoms with Crippen molar-refractivity contribution in [1.29, 1.82) is 0 Å². The molecule has 1 aliphatic heterocycles. The Morgan fingerprint density at radius 1 is 1.36 bits per heavy atom. The van der Waals surface area contributed by atoms with Crippen LogP contribution in [-0.2, 0) is 15.7 Å². The van der Waals surface area contributed by atoms with Crippen molar-refractivity contribution in [3.05, 3.63) is 36.2 Å². The zero-order valence-corrected chi connectivity index (χ0v) is 12.5. The number of ketones is 1. The quantitative estimate of drug-likeness (QED) is 0.612. The van der Waals surface area contributed by atoms with E-state index in [9.17, 15) is 18.0 Å². The van der Waals surface area contributed by atoms with Gasteiger partial charge in [0.1, 0.15) is 0 Å². The Kier molecular flexibility index (Phi) is 5.84. The largest absolute Gasteiger partial charge is 0.417 e. The van der Waals surface area contributed by atoms with Gasteiger partial charge in [-0.15, -0.1) is 0 Å². The normalized spacial score (nSPS) is 16.2. The van der Waals surface area contributed by atoms with Gasteiger partial charge in [-0.3, -0.25) is 4.79 Å². The number of morpholine rings is 1. The molecule has 1 aliphatic rings. The monoisotopic (exact) mass is 332 g/mol. The van der Waals surface area contributed by atoms with Crippen LogP contribution >= 0.6 is 11.8 Å². The summed E-state index contributed by atoms with van der Waals surface area (Å²) in [4.78, 5) is 17.4. The van der Waals surface area contributed by atoms with Crippen LogP contribution in [0.2, 0.25) is 0 Å². The van der Waals surface area contributed by atoms with Crippen molar-refractivity contribution in [2.24, 2.45) is 0 Å². The number of pyridine rings is 1. The first-order chi connectivity index (χ1) is 10.4. The highest BCUT2D eigenvalue weighted by molar-refractivity contribution is 7.99. The number of allylic oxidation sites excluding steroid dienone is 1. The molecule has 0 spiro atoms. The average Bonchev–Trinajstić information content (AvgIpc) is 2.51. The summed E-state index contributed by atoms with van der Waals surface area (Å²) < 4.78 is 42.4. The zero-order chi connectivity index (χ0) is 16.0. The Morgan fingerprint density at radius 2 is 2.09 bits per heavy atom. The first-order valence-corrected chi connectivity index (χ1v) is 7.62. The first-order valence-electron chi connectivity index (χ1n) is 6.64. The number of nitrogens with zero attached hydrogens (tertiary/aromatic N) is 2. The summed E-state index contributed by atoms with van der Waals surface area (Å²) in [6.07, 6.45) is -0.419. The molecule has 8 heteroatoms. The fourth-order valence-electron chi connectivity index (χ4n) is 1.74. The number of aromatic nitrogens is 1. The van der Waals surface area contributed by atoms with Crippen molar-refractivity contribution in [3.63, 3.8) is 0 Å². The van der Waals surface area contributed by atoms with E-state index in [-0.39, 0.29) is 11.5 Å². The smallest absolute Gasteiger partial charge is 0.378 e. The number of hydrogen-bond donors (Lipinski definition) is 0. The van der Waals surface area contributed by atoms with E-state index < -0.39 is 11.7 Å². The van der Waals surface area contributed by atoms with E-state index in [0.717, 1.165) is 37.1 Å². The minimum absolute atomic E-state index is 0.113. The van der Waals surface area contributed by atoms with Crippen LogP contribution in [0, 0.1) is 0 Å². The molecule has 22 heavy (non-hydrogen) atoms. The molecular weight excluding hydrogens is 317 g/mol. The van der Waals surface area contributed by atoms with Crippen LogP contribution in [0.3, 0.4) is 0 Å². The maximum atomic E-state index is 12.4. The lowest BCUT2D eigenvalue weighted by molar-refractivity contribution is -0.137. The second-order valence-corrected chi connectivity index (χ2v) is 5.60. The number of hydrogen-bond acceptors (Lipinski definition) is 5. The van der Waals surface area contributed by atoms with Gasteiger partial charge in [0.25, 0.3) is 0 Å². The summed E-state index contributed by atoms with van der Waals surface area (Å²) in [5.74, 6) is 0.0253. The topological polar surface area (TPSA) is 42.4 Å². The number of halogens is 3. The summed E-state index contributed by atoms with van der Waals surface area (Å²) >= 11 is 1.11. The van der Waals surface area contributed by atoms with Crippen molar-refractivity contribution in [3.8, 4) is 0 Å². The molecule has 0 aromatic carbocycles. The molecule has 1 saturated heterocycles. The molecule has 120 valence electrons. The number of carbonyl (C=O) groups is 1. The van der Waals surface area contributed by atoms with E-state index in [1.165, 1.54) is 12.1 Å². The molecular formula is C14H15F3N2O2S. The van der Waals surface area contributed by atoms with Gasteiger partial charge in [0.05, 0.1) is 29.6 Å². The van der Waals surface area contributed by atoms with Gasteiger partial charge in [0, 0.05) is 25.5 Å². The fraction of sp³-hybridized carbons (Fsp3) is 0.429. The molecule has 0 radical (unpaired) electrons. The van der Waals surface area contributed by atoms with Crippen molar-refractivity contribution in [1.82, 2.24) is 9.88 Å². The van der Waals surface area contributed by atoms with E-state index >= 15 is 0 Å². The SMILES string of the molecule is O=C(/C=C/N1CCOCC1)CSc1ccc(C(F)(F)F)cn1. The van der Waals surface area contributed by atoms with Crippen LogP contribution in [0.5, 0.6) is 0 Å². The standard InChI is InChI=1S/C14H15F3N2O2S/c15-14(16,17)11-1-2-13(18-9-11)22-10-12(20)3-4-19-5-7-21-8-6-19/h1-4,9H,5-8,10H2/b4-3+. The molecule has 0 aliphatic carbocycles. The number of carbonyl (C=O) groups excluding carboxylic acids is 1. The van der Waals surface area contributed by atoms with Crippen LogP contribution in [0.1, 0.15) is 5.56 Å². The maximum Gasteiger partial charge on any atom is 0.417 e. The summed E-state index contributed by atoms with van der Waals surface area (Å²) in [7, 11) is 0. The van der Waals surface area contributed by atoms with Crippen LogP contribution in [0.25, 0.3) is 0 Å². The van der Waals surface area contributed by atoms with Crippen LogP contribution in [0.15, 0.2) is 35.6 Å². The highest BCUT2D eigenvalue weighted by Gasteiger charge is 2.30. The average molecular weight is 332 g/mol. The lowest BCUT2D eigenvalue weighted by Crippen LogP contribution is -2.32. The molecule has 1 aromatic heterocycles. The van der Waals surface area contributed by atoms with Gasteiger partial charge in [0.2, 0.25) is 0 Å². The van der Waals surface area contributed by atoms with Gasteiger partial charge in [-0.25, -0.2) is 4.98 Å². The minimum Gasteiger partial charge on any atom is -0.378 e. The summed E-state index contributed by atoms with van der Waals surface area (Å²) in [5.41, 5.74) is -0.796. The van der Waals surface area contributed by atoms with Crippen molar-refractivity contribution in [2.75, 3.05) is 32.1 Å². The number of rotatable bonds is 5. The van der Waals surface area contributed by atoms with E-state index in [4.69, 9.17) is 4.74 Å². The molecule has 1 aromatic rings. The van der Waals surface area contributed by atoms with Crippen molar-refractivity contribution in [2.45, 2.75) is 11.2 Å². The lowest BCUT2D eigenvalue weighted by atomic mass is 10.3. The minimum atomic E-state index is -4.40. The Morgan fingerprint density at radius 3 is 2.68 bits per heavy atom. The van der Waals surface area contributed by atoms with Crippen LogP contribution < -0.4 is 0 Å². The maximum absolute atomic E-state index is 12.4. The van der Waals surface area contributed by atoms with E-state index in [2.05, 4.69) is 4.98 Å². The number of ether oxygens (including phenoxy) is 1. The van der Waals surface area contributed by atoms with Crippen molar-refractivity contribution < 1.29 is 22.7 Å². The summed E-state index contributed by atoms with van der Waals surface area (Å²) in [6, 6.07) is 2.23. The zero-order valence-electron chi connectivity index (χ0n) is 11.7. The predicted molar refractivity (Wildman–Crippen MR) is 76.5 cm³/mol. The molecule has 0 saturated carbocycles. The molecule has 0 N–H and O–H groups in total. The van der Waals surface area contributed by atoms with E-state index in [1.807, 2.05) is 4.90 Å². The molecule has 2 rings (SSSR count). The highest BCUT2D eigenvalue weighted by Crippen LogP contribution is 2.29. The summed E-state index contributed by atoms with van der Waals surface area (Å²) in [5, 5.41) is 0.390. The van der Waals surface area contributed by atoms with Crippen molar-refractivity contribution >= 4 is 17.5 Å². The Bertz CT molecular complexity index is 526. The second-order valence-electron chi connectivity index (χ2n) is 4.60. The predicted octanol–water partition coefficient (Wildman–Crippen LogP) is 2.61. The lowest BCUT2D eigenvalue weighted by Gasteiger charge is -2.24. The van der Waals surface area contributed by atoms with E-state index in [0.29, 0.717) is 18.2 Å². The van der Waals surface area contributed by atoms with Gasteiger partial charge < -0.3 is 9.64 Å². The molecule has 0 bridgehead atoms. The van der Waals surface area contributed by atoms with Crippen LogP contribution in [0.4, 0.5) is 13.2 Å². The third-order valence-electron chi connectivity index (χ3n) is 2.94. The Balaban J connectivity index is 1.79. The van der Waals surface area contributed by atoms with Gasteiger partial charge in [0.15, 0.2) is 5.78 Å². The van der Waals surface area contributed by atoms with Gasteiger partial charge in [-0.2, -0.15) is 13.2 Å². The van der Waals surface area contributed by atoms with Gasteiger partial charge in [-0.05, 0) is 18.2 Å². The Hall–Kier alpha value is -1.54. The highest BCUT2D eigenvalue weighted by atomic mass is 32.2. The first kappa shape index (κ1) is 16.8. The third-order valence-corrected chi connectivity index (χ3v) is 3.91. The fourth-order valence-corrected chi connectivity index (χ4v) is 2.42. The number of thioether (sulfide) groups is 1.